The van der Waals surface area contributed by atoms with Gasteiger partial charge in [0, 0.05) is 12.0 Å². The van der Waals surface area contributed by atoms with Crippen LogP contribution >= 0.6 is 0 Å². The number of hydrogen-bond acceptors (Lipinski definition) is 5. The Hall–Kier alpha value is -3.09. The normalized spacial score (nSPS) is 14.6. The third kappa shape index (κ3) is 3.72. The smallest absolute Gasteiger partial charge is 0.241 e. The lowest BCUT2D eigenvalue weighted by Crippen LogP contribution is -2.31. The van der Waals surface area contributed by atoms with Gasteiger partial charge in [-0.25, -0.2) is 4.68 Å². The van der Waals surface area contributed by atoms with Crippen molar-refractivity contribution in [2.75, 3.05) is 13.2 Å². The molecule has 7 nitrogen and oxygen atoms in total. The van der Waals surface area contributed by atoms with Crippen LogP contribution in [0.5, 0.6) is 11.5 Å². The van der Waals surface area contributed by atoms with Crippen molar-refractivity contribution in [1.29, 1.82) is 0 Å². The summed E-state index contributed by atoms with van der Waals surface area (Å²) in [6, 6.07) is 13.5. The minimum absolute atomic E-state index is 0.124. The van der Waals surface area contributed by atoms with Crippen LogP contribution in [0.1, 0.15) is 19.4 Å². The molecule has 4 rings (SSSR count). The van der Waals surface area contributed by atoms with E-state index in [4.69, 9.17) is 9.47 Å². The summed E-state index contributed by atoms with van der Waals surface area (Å²) in [5.41, 5.74) is 2.55. The van der Waals surface area contributed by atoms with Crippen LogP contribution in [0.25, 0.3) is 11.0 Å². The molecule has 0 unspecified atom stereocenters. The fourth-order valence-electron chi connectivity index (χ4n) is 3.28. The number of fused-ring (bicyclic) bond motifs is 2. The number of carbonyl (C=O) groups is 1. The van der Waals surface area contributed by atoms with E-state index in [-0.39, 0.29) is 18.1 Å². The molecule has 1 aliphatic heterocycles. The molecule has 140 valence electrons. The highest BCUT2D eigenvalue weighted by Gasteiger charge is 2.32. The maximum atomic E-state index is 12.2. The van der Waals surface area contributed by atoms with Crippen molar-refractivity contribution >= 4 is 16.9 Å². The summed E-state index contributed by atoms with van der Waals surface area (Å²) in [5.74, 6) is 1.39. The Morgan fingerprint density at radius 2 is 2.11 bits per heavy atom. The molecule has 0 spiro atoms. The first kappa shape index (κ1) is 17.3. The number of hydrogen-bond donors (Lipinski definition) is 1. The lowest BCUT2D eigenvalue weighted by atomic mass is 10.0. The minimum atomic E-state index is -0.212. The van der Waals surface area contributed by atoms with Crippen LogP contribution in [0, 0.1) is 0 Å². The van der Waals surface area contributed by atoms with E-state index in [1.807, 2.05) is 36.4 Å². The molecular weight excluding hydrogens is 344 g/mol. The number of ether oxygens (including phenoxy) is 2. The van der Waals surface area contributed by atoms with E-state index in [0.29, 0.717) is 13.2 Å². The van der Waals surface area contributed by atoms with Gasteiger partial charge >= 0.3 is 0 Å². The number of para-hydroxylation sites is 2. The Morgan fingerprint density at radius 1 is 1.26 bits per heavy atom. The fourth-order valence-corrected chi connectivity index (χ4v) is 3.28. The quantitative estimate of drug-likeness (QED) is 0.678. The molecule has 7 heteroatoms. The molecule has 3 aromatic rings. The van der Waals surface area contributed by atoms with E-state index in [2.05, 4.69) is 35.5 Å². The van der Waals surface area contributed by atoms with Gasteiger partial charge in [0.25, 0.3) is 0 Å². The highest BCUT2D eigenvalue weighted by molar-refractivity contribution is 5.79. The Kier molecular flexibility index (Phi) is 4.43. The van der Waals surface area contributed by atoms with Crippen LogP contribution in [0.3, 0.4) is 0 Å². The maximum absolute atomic E-state index is 12.2. The number of aromatic nitrogens is 3. The number of nitrogens with one attached hydrogen (secondary N) is 1. The molecule has 0 fully saturated rings. The average Bonchev–Trinajstić information content (AvgIpc) is 3.18. The van der Waals surface area contributed by atoms with E-state index in [1.54, 1.807) is 4.68 Å². The van der Waals surface area contributed by atoms with Gasteiger partial charge in [0.1, 0.15) is 24.3 Å². The van der Waals surface area contributed by atoms with Crippen molar-refractivity contribution in [1.82, 2.24) is 20.3 Å². The molecule has 0 atom stereocenters. The van der Waals surface area contributed by atoms with Gasteiger partial charge in [0.05, 0.1) is 12.1 Å². The first-order valence-electron chi connectivity index (χ1n) is 9.00. The molecule has 0 bridgehead atoms. The zero-order valence-electron chi connectivity index (χ0n) is 15.4. The minimum Gasteiger partial charge on any atom is -0.488 e. The van der Waals surface area contributed by atoms with Gasteiger partial charge in [0.2, 0.25) is 5.91 Å². The standard InChI is InChI=1S/C20H22N4O3/c1-20(2)12-14-6-5-9-17(19(14)27-20)26-11-10-21-18(25)13-24-16-8-4-3-7-15(16)22-23-24/h3-9H,10-13H2,1-2H3,(H,21,25). The second-order valence-electron chi connectivity index (χ2n) is 7.22. The molecular formula is C20H22N4O3. The summed E-state index contributed by atoms with van der Waals surface area (Å²) < 4.78 is 13.4. The molecule has 2 aromatic carbocycles. The van der Waals surface area contributed by atoms with Crippen LogP contribution in [-0.4, -0.2) is 39.7 Å². The Morgan fingerprint density at radius 3 is 3.00 bits per heavy atom. The van der Waals surface area contributed by atoms with Crippen molar-refractivity contribution in [2.24, 2.45) is 0 Å². The van der Waals surface area contributed by atoms with Gasteiger partial charge in [-0.1, -0.05) is 29.5 Å². The van der Waals surface area contributed by atoms with Crippen LogP contribution in [-0.2, 0) is 17.8 Å². The average molecular weight is 366 g/mol. The fraction of sp³-hybridized carbons (Fsp3) is 0.350. The number of nitrogens with zero attached hydrogens (tertiary/aromatic N) is 3. The lowest BCUT2D eigenvalue weighted by Gasteiger charge is -2.18. The summed E-state index contributed by atoms with van der Waals surface area (Å²) in [6.07, 6.45) is 0.863. The number of benzene rings is 2. The van der Waals surface area contributed by atoms with E-state index in [1.165, 1.54) is 0 Å². The van der Waals surface area contributed by atoms with E-state index in [9.17, 15) is 4.79 Å². The van der Waals surface area contributed by atoms with Crippen LogP contribution in [0.4, 0.5) is 0 Å². The summed E-state index contributed by atoms with van der Waals surface area (Å²) in [6.45, 7) is 5.01. The second kappa shape index (κ2) is 6.90. The molecule has 2 heterocycles. The van der Waals surface area contributed by atoms with Crippen molar-refractivity contribution in [3.63, 3.8) is 0 Å². The zero-order chi connectivity index (χ0) is 18.9. The van der Waals surface area contributed by atoms with Crippen molar-refractivity contribution in [2.45, 2.75) is 32.4 Å². The Balaban J connectivity index is 1.29. The Bertz CT molecular complexity index is 980. The number of carbonyl (C=O) groups excluding carboxylic acids is 1. The highest BCUT2D eigenvalue weighted by Crippen LogP contribution is 2.41. The third-order valence-electron chi connectivity index (χ3n) is 4.45. The van der Waals surface area contributed by atoms with Crippen LogP contribution in [0.2, 0.25) is 0 Å². The summed E-state index contributed by atoms with van der Waals surface area (Å²) >= 11 is 0. The van der Waals surface area contributed by atoms with E-state index in [0.717, 1.165) is 34.5 Å². The first-order valence-corrected chi connectivity index (χ1v) is 9.00. The zero-order valence-corrected chi connectivity index (χ0v) is 15.4. The van der Waals surface area contributed by atoms with E-state index < -0.39 is 0 Å². The largest absolute Gasteiger partial charge is 0.488 e. The predicted octanol–water partition coefficient (Wildman–Crippen LogP) is 2.34. The SMILES string of the molecule is CC1(C)Cc2cccc(OCCNC(=O)Cn3nnc4ccccc43)c2O1. The molecule has 1 amide bonds. The molecule has 27 heavy (non-hydrogen) atoms. The molecule has 1 aliphatic rings. The van der Waals surface area contributed by atoms with Crippen LogP contribution < -0.4 is 14.8 Å². The van der Waals surface area contributed by atoms with Gasteiger partial charge < -0.3 is 14.8 Å². The topological polar surface area (TPSA) is 78.3 Å². The second-order valence-corrected chi connectivity index (χ2v) is 7.22. The van der Waals surface area contributed by atoms with Crippen molar-refractivity contribution in [3.8, 4) is 11.5 Å². The number of rotatable bonds is 6. The number of amides is 1. The van der Waals surface area contributed by atoms with Crippen molar-refractivity contribution in [3.05, 3.63) is 48.0 Å². The lowest BCUT2D eigenvalue weighted by molar-refractivity contribution is -0.121. The molecule has 1 N–H and O–H groups in total. The summed E-state index contributed by atoms with van der Waals surface area (Å²) in [5, 5.41) is 10.9. The van der Waals surface area contributed by atoms with Gasteiger partial charge in [0.15, 0.2) is 11.5 Å². The van der Waals surface area contributed by atoms with Gasteiger partial charge in [-0.15, -0.1) is 5.10 Å². The van der Waals surface area contributed by atoms with Gasteiger partial charge in [-0.05, 0) is 32.0 Å². The molecule has 0 saturated carbocycles. The summed E-state index contributed by atoms with van der Waals surface area (Å²) in [7, 11) is 0. The monoisotopic (exact) mass is 366 g/mol. The predicted molar refractivity (Wildman–Crippen MR) is 101 cm³/mol. The van der Waals surface area contributed by atoms with Gasteiger partial charge in [-0.2, -0.15) is 0 Å². The van der Waals surface area contributed by atoms with E-state index >= 15 is 0 Å². The molecule has 1 aromatic heterocycles. The molecule has 0 aliphatic carbocycles. The Labute approximate surface area is 157 Å². The highest BCUT2D eigenvalue weighted by atomic mass is 16.5. The van der Waals surface area contributed by atoms with Crippen molar-refractivity contribution < 1.29 is 14.3 Å². The molecule has 0 radical (unpaired) electrons. The maximum Gasteiger partial charge on any atom is 0.241 e. The molecule has 0 saturated heterocycles. The third-order valence-corrected chi connectivity index (χ3v) is 4.45. The first-order chi connectivity index (χ1) is 13.0. The van der Waals surface area contributed by atoms with Gasteiger partial charge in [-0.3, -0.25) is 4.79 Å². The van der Waals surface area contributed by atoms with Crippen LogP contribution in [0.15, 0.2) is 42.5 Å². The summed E-state index contributed by atoms with van der Waals surface area (Å²) in [4.78, 5) is 12.2.